The molecule has 2 heterocycles. The summed E-state index contributed by atoms with van der Waals surface area (Å²) in [6.07, 6.45) is 5.94. The second kappa shape index (κ2) is 16.9. The highest BCUT2D eigenvalue weighted by Gasteiger charge is 2.30. The van der Waals surface area contributed by atoms with Crippen LogP contribution in [0.2, 0.25) is 0 Å². The monoisotopic (exact) mass is 617 g/mol. The average molecular weight is 618 g/mol. The maximum atomic E-state index is 14.3. The van der Waals surface area contributed by atoms with Crippen molar-refractivity contribution >= 4 is 23.3 Å². The van der Waals surface area contributed by atoms with Crippen LogP contribution in [0.3, 0.4) is 0 Å². The zero-order valence-corrected chi connectivity index (χ0v) is 26.8. The third-order valence-corrected chi connectivity index (χ3v) is 8.03. The van der Waals surface area contributed by atoms with E-state index < -0.39 is 12.1 Å². The number of benzene rings is 2. The number of anilines is 2. The van der Waals surface area contributed by atoms with Crippen LogP contribution in [-0.2, 0) is 11.3 Å². The Morgan fingerprint density at radius 1 is 1.07 bits per heavy atom. The van der Waals surface area contributed by atoms with Gasteiger partial charge in [-0.15, -0.1) is 0 Å². The van der Waals surface area contributed by atoms with Crippen LogP contribution in [0.5, 0.6) is 5.75 Å². The number of aliphatic hydroxyl groups excluding tert-OH is 1. The minimum Gasteiger partial charge on any atom is -0.490 e. The number of nitrogens with zero attached hydrogens (tertiary/aromatic N) is 3. The van der Waals surface area contributed by atoms with Crippen molar-refractivity contribution in [1.82, 2.24) is 14.8 Å². The minimum absolute atomic E-state index is 0.0352. The zero-order chi connectivity index (χ0) is 32.2. The largest absolute Gasteiger partial charge is 0.490 e. The van der Waals surface area contributed by atoms with Crippen LogP contribution in [0.4, 0.5) is 16.2 Å². The number of nitrogens with one attached hydrogen (secondary N) is 2. The molecule has 0 bridgehead atoms. The first-order chi connectivity index (χ1) is 21.7. The molecule has 3 N–H and O–H groups in total. The molecule has 3 amide bonds. The predicted octanol–water partition coefficient (Wildman–Crippen LogP) is 5.65. The number of carbonyl (C=O) groups excluding carboxylic acids is 2. The van der Waals surface area contributed by atoms with Crippen molar-refractivity contribution < 1.29 is 24.2 Å². The molecule has 0 saturated carbocycles. The lowest BCUT2D eigenvalue weighted by atomic mass is 10.0. The number of ether oxygens (including phenoxy) is 2. The van der Waals surface area contributed by atoms with E-state index in [2.05, 4.69) is 34.5 Å². The Hall–Kier alpha value is -3.99. The molecule has 1 aromatic heterocycles. The van der Waals surface area contributed by atoms with Crippen molar-refractivity contribution in [3.8, 4) is 5.75 Å². The lowest BCUT2D eigenvalue weighted by Crippen LogP contribution is -2.47. The fourth-order valence-corrected chi connectivity index (χ4v) is 5.45. The summed E-state index contributed by atoms with van der Waals surface area (Å²) in [7, 11) is 2.07. The van der Waals surface area contributed by atoms with Gasteiger partial charge in [0.05, 0.1) is 30.4 Å². The number of urea groups is 1. The molecular weight excluding hydrogens is 570 g/mol. The normalized spacial score (nSPS) is 20.4. The third-order valence-electron chi connectivity index (χ3n) is 8.03. The van der Waals surface area contributed by atoms with Gasteiger partial charge >= 0.3 is 6.03 Å². The Morgan fingerprint density at radius 3 is 2.53 bits per heavy atom. The van der Waals surface area contributed by atoms with Gasteiger partial charge in [-0.3, -0.25) is 14.7 Å². The Labute approximate surface area is 266 Å². The number of fused-ring (bicyclic) bond motifs is 1. The van der Waals surface area contributed by atoms with Crippen LogP contribution >= 0.6 is 0 Å². The van der Waals surface area contributed by atoms with Gasteiger partial charge < -0.3 is 30.1 Å². The van der Waals surface area contributed by atoms with Crippen LogP contribution in [-0.4, -0.2) is 83.4 Å². The van der Waals surface area contributed by atoms with Gasteiger partial charge in [0, 0.05) is 55.9 Å². The van der Waals surface area contributed by atoms with E-state index in [0.717, 1.165) is 25.8 Å². The number of likely N-dealkylation sites (N-methyl/N-ethyl adjacent to an activating group) is 1. The molecule has 0 spiro atoms. The Morgan fingerprint density at radius 2 is 1.80 bits per heavy atom. The molecule has 1 aliphatic rings. The molecule has 10 heteroatoms. The van der Waals surface area contributed by atoms with Crippen LogP contribution in [0.25, 0.3) is 0 Å². The molecule has 4 rings (SSSR count). The van der Waals surface area contributed by atoms with E-state index in [-0.39, 0.29) is 30.6 Å². The summed E-state index contributed by atoms with van der Waals surface area (Å²) in [5.41, 5.74) is 2.61. The summed E-state index contributed by atoms with van der Waals surface area (Å²) in [6, 6.07) is 17.4. The number of aliphatic hydroxyl groups is 1. The maximum Gasteiger partial charge on any atom is 0.323 e. The molecule has 10 nitrogen and oxygen atoms in total. The van der Waals surface area contributed by atoms with Gasteiger partial charge in [0.2, 0.25) is 0 Å². The summed E-state index contributed by atoms with van der Waals surface area (Å²) in [6.45, 7) is 8.13. The molecule has 0 fully saturated rings. The lowest BCUT2D eigenvalue weighted by molar-refractivity contribution is -0.0177. The van der Waals surface area contributed by atoms with Gasteiger partial charge in [-0.2, -0.15) is 0 Å². The van der Waals surface area contributed by atoms with E-state index in [1.54, 1.807) is 47.6 Å². The molecule has 4 atom stereocenters. The van der Waals surface area contributed by atoms with Gasteiger partial charge in [0.15, 0.2) is 0 Å². The van der Waals surface area contributed by atoms with Crippen LogP contribution in [0, 0.1) is 5.92 Å². The molecular formula is C35H47N5O5. The smallest absolute Gasteiger partial charge is 0.323 e. The van der Waals surface area contributed by atoms with Crippen LogP contribution < -0.4 is 15.4 Å². The van der Waals surface area contributed by atoms with Gasteiger partial charge in [0.1, 0.15) is 5.75 Å². The van der Waals surface area contributed by atoms with Crippen molar-refractivity contribution in [2.24, 2.45) is 5.92 Å². The van der Waals surface area contributed by atoms with Crippen molar-refractivity contribution in [3.63, 3.8) is 0 Å². The van der Waals surface area contributed by atoms with Crippen molar-refractivity contribution in [2.75, 3.05) is 44.0 Å². The molecule has 2 aromatic carbocycles. The highest BCUT2D eigenvalue weighted by molar-refractivity contribution is 6.02. The average Bonchev–Trinajstić information content (AvgIpc) is 3.03. The molecule has 45 heavy (non-hydrogen) atoms. The fourth-order valence-electron chi connectivity index (χ4n) is 5.45. The van der Waals surface area contributed by atoms with Crippen LogP contribution in [0.15, 0.2) is 73.1 Å². The van der Waals surface area contributed by atoms with Crippen molar-refractivity contribution in [3.05, 3.63) is 84.2 Å². The second-order valence-corrected chi connectivity index (χ2v) is 12.0. The number of para-hydroxylation sites is 1. The first-order valence-electron chi connectivity index (χ1n) is 15.8. The highest BCUT2D eigenvalue weighted by atomic mass is 16.5. The third kappa shape index (κ3) is 10.3. The SMILES string of the molecule is C[C@@H]1CN([C@@H](C)CO)C(=O)c2cc(NC(=O)Nc3ccccc3)ccc2O[C@@H](C)CCCCO[C@@H]1CN(C)Cc1ccncc1. The number of amides is 3. The fraction of sp³-hybridized carbons (Fsp3) is 0.457. The van der Waals surface area contributed by atoms with Gasteiger partial charge in [-0.1, -0.05) is 25.1 Å². The van der Waals surface area contributed by atoms with Gasteiger partial charge in [-0.25, -0.2) is 4.79 Å². The molecule has 242 valence electrons. The molecule has 0 aliphatic carbocycles. The number of hydrogen-bond donors (Lipinski definition) is 3. The summed E-state index contributed by atoms with van der Waals surface area (Å²) in [4.78, 5) is 35.1. The highest BCUT2D eigenvalue weighted by Crippen LogP contribution is 2.28. The Balaban J connectivity index is 1.59. The van der Waals surface area contributed by atoms with Gasteiger partial charge in [-0.05, 0) is 88.2 Å². The molecule has 0 saturated heterocycles. The number of carbonyl (C=O) groups is 2. The lowest BCUT2D eigenvalue weighted by Gasteiger charge is -2.36. The van der Waals surface area contributed by atoms with E-state index in [1.165, 1.54) is 5.56 Å². The zero-order valence-electron chi connectivity index (χ0n) is 26.8. The quantitative estimate of drug-likeness (QED) is 0.299. The Kier molecular flexibility index (Phi) is 12.7. The molecule has 1 aliphatic heterocycles. The first kappa shape index (κ1) is 33.9. The van der Waals surface area contributed by atoms with E-state index in [1.807, 2.05) is 44.2 Å². The standard InChI is InChI=1S/C35H47N5O5/c1-25-21-40(26(2)24-41)34(42)31-20-30(38-35(43)37-29-11-6-5-7-12-29)13-14-32(31)45-27(3)10-8-9-19-44-33(25)23-39(4)22-28-15-17-36-18-16-28/h5-7,11-18,20,25-27,33,41H,8-10,19,21-24H2,1-4H3,(H2,37,38,43)/t25-,26+,27+,33-/m1/s1. The second-order valence-electron chi connectivity index (χ2n) is 12.0. The predicted molar refractivity (Wildman–Crippen MR) is 177 cm³/mol. The number of hydrogen-bond acceptors (Lipinski definition) is 7. The van der Waals surface area contributed by atoms with E-state index in [9.17, 15) is 14.7 Å². The first-order valence-corrected chi connectivity index (χ1v) is 15.8. The van der Waals surface area contributed by atoms with E-state index in [0.29, 0.717) is 42.4 Å². The molecule has 0 unspecified atom stereocenters. The summed E-state index contributed by atoms with van der Waals surface area (Å²) >= 11 is 0. The Bertz CT molecular complexity index is 1360. The van der Waals surface area contributed by atoms with Crippen LogP contribution in [0.1, 0.15) is 56.0 Å². The number of rotatable bonds is 8. The summed E-state index contributed by atoms with van der Waals surface area (Å²) in [5.74, 6) is 0.136. The van der Waals surface area contributed by atoms with Crippen molar-refractivity contribution in [2.45, 2.75) is 64.8 Å². The molecule has 3 aromatic rings. The van der Waals surface area contributed by atoms with Gasteiger partial charge in [0.25, 0.3) is 5.91 Å². The topological polar surface area (TPSA) is 116 Å². The summed E-state index contributed by atoms with van der Waals surface area (Å²) in [5, 5.41) is 15.8. The van der Waals surface area contributed by atoms with E-state index >= 15 is 0 Å². The maximum absolute atomic E-state index is 14.3. The number of aromatic nitrogens is 1. The summed E-state index contributed by atoms with van der Waals surface area (Å²) < 4.78 is 12.8. The van der Waals surface area contributed by atoms with Crippen molar-refractivity contribution in [1.29, 1.82) is 0 Å². The van der Waals surface area contributed by atoms with E-state index in [4.69, 9.17) is 9.47 Å². The molecule has 0 radical (unpaired) electrons. The minimum atomic E-state index is -0.452. The number of pyridine rings is 1.